The van der Waals surface area contributed by atoms with E-state index in [4.69, 9.17) is 5.11 Å². The molecule has 1 aliphatic rings. The number of rotatable bonds is 4. The fourth-order valence-electron chi connectivity index (χ4n) is 1.86. The summed E-state index contributed by atoms with van der Waals surface area (Å²) in [5.41, 5.74) is 0.837. The van der Waals surface area contributed by atoms with Crippen molar-refractivity contribution in [2.24, 2.45) is 5.92 Å². The van der Waals surface area contributed by atoms with Crippen LogP contribution in [0.15, 0.2) is 18.2 Å². The van der Waals surface area contributed by atoms with E-state index in [2.05, 4.69) is 5.32 Å². The SMILES string of the molecule is Oc1ccc(CNCC2CCSC2)c(O)c1. The molecular formula is C12H17NO2S. The lowest BCUT2D eigenvalue weighted by Gasteiger charge is -2.10. The zero-order valence-corrected chi connectivity index (χ0v) is 9.96. The van der Waals surface area contributed by atoms with Crippen molar-refractivity contribution in [1.82, 2.24) is 5.32 Å². The van der Waals surface area contributed by atoms with E-state index >= 15 is 0 Å². The van der Waals surface area contributed by atoms with Gasteiger partial charge in [0.05, 0.1) is 0 Å². The van der Waals surface area contributed by atoms with Gasteiger partial charge in [0.1, 0.15) is 11.5 Å². The maximum absolute atomic E-state index is 9.58. The normalized spacial score (nSPS) is 20.1. The minimum Gasteiger partial charge on any atom is -0.508 e. The number of aromatic hydroxyl groups is 2. The third-order valence-electron chi connectivity index (χ3n) is 2.84. The second-order valence-corrected chi connectivity index (χ2v) is 5.32. The maximum atomic E-state index is 9.58. The first-order valence-corrected chi connectivity index (χ1v) is 6.70. The molecule has 2 rings (SSSR count). The predicted molar refractivity (Wildman–Crippen MR) is 66.9 cm³/mol. The molecule has 1 atom stereocenters. The first kappa shape index (κ1) is 11.6. The number of hydrogen-bond donors (Lipinski definition) is 3. The van der Waals surface area contributed by atoms with Crippen LogP contribution in [0, 0.1) is 5.92 Å². The van der Waals surface area contributed by atoms with Crippen molar-refractivity contribution in [3.8, 4) is 11.5 Å². The van der Waals surface area contributed by atoms with Crippen molar-refractivity contribution in [3.05, 3.63) is 23.8 Å². The van der Waals surface area contributed by atoms with Crippen LogP contribution in [0.25, 0.3) is 0 Å². The zero-order valence-electron chi connectivity index (χ0n) is 9.15. The molecule has 1 aromatic rings. The van der Waals surface area contributed by atoms with Gasteiger partial charge in [-0.15, -0.1) is 0 Å². The Bertz CT molecular complexity index is 351. The summed E-state index contributed by atoms with van der Waals surface area (Å²) >= 11 is 2.01. The van der Waals surface area contributed by atoms with Crippen LogP contribution in [0.5, 0.6) is 11.5 Å². The summed E-state index contributed by atoms with van der Waals surface area (Å²) in [6.45, 7) is 1.67. The van der Waals surface area contributed by atoms with E-state index in [1.807, 2.05) is 11.8 Å². The highest BCUT2D eigenvalue weighted by Gasteiger charge is 2.14. The van der Waals surface area contributed by atoms with Gasteiger partial charge in [0.25, 0.3) is 0 Å². The van der Waals surface area contributed by atoms with Gasteiger partial charge in [0, 0.05) is 18.2 Å². The van der Waals surface area contributed by atoms with Crippen LogP contribution in [-0.2, 0) is 6.54 Å². The van der Waals surface area contributed by atoms with Crippen LogP contribution in [0.2, 0.25) is 0 Å². The maximum Gasteiger partial charge on any atom is 0.123 e. The van der Waals surface area contributed by atoms with Crippen molar-refractivity contribution < 1.29 is 10.2 Å². The fraction of sp³-hybridized carbons (Fsp3) is 0.500. The summed E-state index contributed by atoms with van der Waals surface area (Å²) in [5.74, 6) is 3.55. The van der Waals surface area contributed by atoms with E-state index in [0.717, 1.165) is 18.0 Å². The Morgan fingerprint density at radius 1 is 1.38 bits per heavy atom. The molecule has 0 saturated carbocycles. The van der Waals surface area contributed by atoms with Gasteiger partial charge >= 0.3 is 0 Å². The number of thioether (sulfide) groups is 1. The van der Waals surface area contributed by atoms with Crippen LogP contribution >= 0.6 is 11.8 Å². The second-order valence-electron chi connectivity index (χ2n) is 4.17. The third kappa shape index (κ3) is 3.06. The van der Waals surface area contributed by atoms with E-state index in [9.17, 15) is 5.11 Å². The number of phenolic OH excluding ortho intramolecular Hbond substituents is 2. The number of hydrogen-bond acceptors (Lipinski definition) is 4. The Labute approximate surface area is 99.9 Å². The molecule has 0 radical (unpaired) electrons. The molecule has 4 heteroatoms. The lowest BCUT2D eigenvalue weighted by molar-refractivity contribution is 0.441. The first-order valence-electron chi connectivity index (χ1n) is 5.55. The minimum atomic E-state index is 0.105. The number of phenols is 2. The average molecular weight is 239 g/mol. The highest BCUT2D eigenvalue weighted by Crippen LogP contribution is 2.24. The second kappa shape index (κ2) is 5.46. The molecule has 88 valence electrons. The molecular weight excluding hydrogens is 222 g/mol. The molecule has 1 heterocycles. The zero-order chi connectivity index (χ0) is 11.4. The molecule has 16 heavy (non-hydrogen) atoms. The van der Waals surface area contributed by atoms with Crippen molar-refractivity contribution >= 4 is 11.8 Å². The Kier molecular flexibility index (Phi) is 3.96. The molecule has 0 aliphatic carbocycles. The molecule has 0 aromatic heterocycles. The Morgan fingerprint density at radius 2 is 2.25 bits per heavy atom. The molecule has 0 bridgehead atoms. The van der Waals surface area contributed by atoms with E-state index in [-0.39, 0.29) is 11.5 Å². The standard InChI is InChI=1S/C12H17NO2S/c14-11-2-1-10(12(15)5-11)7-13-6-9-3-4-16-8-9/h1-2,5,9,13-15H,3-4,6-8H2. The van der Waals surface area contributed by atoms with Gasteiger partial charge in [0.2, 0.25) is 0 Å². The molecule has 1 aliphatic heterocycles. The van der Waals surface area contributed by atoms with E-state index in [1.165, 1.54) is 24.0 Å². The summed E-state index contributed by atoms with van der Waals surface area (Å²) in [6.07, 6.45) is 1.29. The summed E-state index contributed by atoms with van der Waals surface area (Å²) in [7, 11) is 0. The fourth-order valence-corrected chi connectivity index (χ4v) is 3.14. The first-order chi connectivity index (χ1) is 7.75. The van der Waals surface area contributed by atoms with E-state index in [1.54, 1.807) is 12.1 Å². The monoisotopic (exact) mass is 239 g/mol. The number of nitrogens with one attached hydrogen (secondary N) is 1. The molecule has 3 N–H and O–H groups in total. The van der Waals surface area contributed by atoms with Crippen LogP contribution < -0.4 is 5.32 Å². The summed E-state index contributed by atoms with van der Waals surface area (Å²) in [4.78, 5) is 0. The van der Waals surface area contributed by atoms with Gasteiger partial charge < -0.3 is 15.5 Å². The molecule has 0 amide bonds. The molecule has 1 fully saturated rings. The lowest BCUT2D eigenvalue weighted by atomic mass is 10.1. The van der Waals surface area contributed by atoms with Crippen molar-refractivity contribution in [2.75, 3.05) is 18.1 Å². The quantitative estimate of drug-likeness (QED) is 0.751. The van der Waals surface area contributed by atoms with Gasteiger partial charge in [-0.05, 0) is 36.5 Å². The highest BCUT2D eigenvalue weighted by atomic mass is 32.2. The largest absolute Gasteiger partial charge is 0.508 e. The number of benzene rings is 1. The van der Waals surface area contributed by atoms with E-state index in [0.29, 0.717) is 6.54 Å². The van der Waals surface area contributed by atoms with Crippen molar-refractivity contribution in [3.63, 3.8) is 0 Å². The molecule has 3 nitrogen and oxygen atoms in total. The Morgan fingerprint density at radius 3 is 2.94 bits per heavy atom. The summed E-state index contributed by atoms with van der Waals surface area (Å²) in [5, 5.41) is 22.1. The Balaban J connectivity index is 1.80. The van der Waals surface area contributed by atoms with E-state index < -0.39 is 0 Å². The van der Waals surface area contributed by atoms with Crippen molar-refractivity contribution in [1.29, 1.82) is 0 Å². The summed E-state index contributed by atoms with van der Waals surface area (Å²) in [6, 6.07) is 4.73. The molecule has 1 saturated heterocycles. The third-order valence-corrected chi connectivity index (χ3v) is 4.07. The van der Waals surface area contributed by atoms with Crippen LogP contribution in [0.4, 0.5) is 0 Å². The molecule has 0 spiro atoms. The average Bonchev–Trinajstić information content (AvgIpc) is 2.74. The van der Waals surface area contributed by atoms with Crippen LogP contribution in [0.3, 0.4) is 0 Å². The van der Waals surface area contributed by atoms with Gasteiger partial charge in [-0.3, -0.25) is 0 Å². The Hall–Kier alpha value is -0.870. The van der Waals surface area contributed by atoms with Gasteiger partial charge in [-0.1, -0.05) is 6.07 Å². The van der Waals surface area contributed by atoms with Crippen LogP contribution in [-0.4, -0.2) is 28.3 Å². The smallest absolute Gasteiger partial charge is 0.123 e. The topological polar surface area (TPSA) is 52.5 Å². The van der Waals surface area contributed by atoms with Crippen molar-refractivity contribution in [2.45, 2.75) is 13.0 Å². The lowest BCUT2D eigenvalue weighted by Crippen LogP contribution is -2.22. The van der Waals surface area contributed by atoms with Gasteiger partial charge in [-0.25, -0.2) is 0 Å². The molecule has 1 aromatic carbocycles. The minimum absolute atomic E-state index is 0.105. The van der Waals surface area contributed by atoms with Gasteiger partial charge in [0.15, 0.2) is 0 Å². The highest BCUT2D eigenvalue weighted by molar-refractivity contribution is 7.99. The van der Waals surface area contributed by atoms with Crippen LogP contribution in [0.1, 0.15) is 12.0 Å². The van der Waals surface area contributed by atoms with Gasteiger partial charge in [-0.2, -0.15) is 11.8 Å². The predicted octanol–water partition coefficient (Wildman–Crippen LogP) is 1.94. The molecule has 1 unspecified atom stereocenters. The summed E-state index contributed by atoms with van der Waals surface area (Å²) < 4.78 is 0.